The highest BCUT2D eigenvalue weighted by Crippen LogP contribution is 2.33. The van der Waals surface area contributed by atoms with E-state index < -0.39 is 54.0 Å². The molecular formula is C21H15F7N4O4. The van der Waals surface area contributed by atoms with Crippen molar-refractivity contribution in [3.05, 3.63) is 76.5 Å². The molecule has 0 saturated heterocycles. The van der Waals surface area contributed by atoms with E-state index in [1.54, 1.807) is 0 Å². The molecule has 0 saturated carbocycles. The van der Waals surface area contributed by atoms with Crippen LogP contribution in [-0.2, 0) is 5.60 Å². The summed E-state index contributed by atoms with van der Waals surface area (Å²) < 4.78 is 94.8. The third kappa shape index (κ3) is 5.62. The number of hydrogen-bond acceptors (Lipinski definition) is 6. The van der Waals surface area contributed by atoms with Gasteiger partial charge in [0.05, 0.1) is 17.6 Å². The van der Waals surface area contributed by atoms with E-state index in [-0.39, 0.29) is 17.1 Å². The number of para-hydroxylation sites is 2. The number of halogens is 7. The Labute approximate surface area is 197 Å². The van der Waals surface area contributed by atoms with E-state index in [0.29, 0.717) is 16.9 Å². The molecule has 0 aliphatic heterocycles. The van der Waals surface area contributed by atoms with E-state index >= 15 is 0 Å². The first-order chi connectivity index (χ1) is 16.8. The molecule has 1 aromatic carbocycles. The average Bonchev–Trinajstić information content (AvgIpc) is 2.82. The van der Waals surface area contributed by atoms with Gasteiger partial charge in [-0.1, -0.05) is 12.1 Å². The Kier molecular flexibility index (Phi) is 7.62. The molecule has 0 bridgehead atoms. The number of ether oxygens (including phenoxy) is 1. The van der Waals surface area contributed by atoms with Crippen LogP contribution in [0.25, 0.3) is 5.69 Å². The largest absolute Gasteiger partial charge is 0.482 e. The van der Waals surface area contributed by atoms with Crippen LogP contribution in [-0.4, -0.2) is 51.4 Å². The van der Waals surface area contributed by atoms with E-state index in [1.165, 1.54) is 18.2 Å². The van der Waals surface area contributed by atoms with E-state index in [0.717, 1.165) is 24.4 Å². The van der Waals surface area contributed by atoms with E-state index in [4.69, 9.17) is 4.74 Å². The zero-order valence-corrected chi connectivity index (χ0v) is 17.7. The van der Waals surface area contributed by atoms with E-state index in [9.17, 15) is 45.4 Å². The van der Waals surface area contributed by atoms with Gasteiger partial charge in [-0.05, 0) is 30.3 Å². The molecule has 1 amide bonds. The zero-order valence-electron chi connectivity index (χ0n) is 17.7. The molecule has 0 aliphatic carbocycles. The van der Waals surface area contributed by atoms with Crippen LogP contribution < -0.4 is 15.6 Å². The Balaban J connectivity index is 1.87. The lowest BCUT2D eigenvalue weighted by molar-refractivity contribution is -0.185. The van der Waals surface area contributed by atoms with Gasteiger partial charge in [0.1, 0.15) is 17.0 Å². The summed E-state index contributed by atoms with van der Waals surface area (Å²) in [6.45, 7) is -1.64. The van der Waals surface area contributed by atoms with Gasteiger partial charge >= 0.3 is 6.18 Å². The molecule has 2 N–H and O–H groups in total. The van der Waals surface area contributed by atoms with Gasteiger partial charge in [-0.2, -0.15) is 23.0 Å². The van der Waals surface area contributed by atoms with Gasteiger partial charge in [0.2, 0.25) is 5.60 Å². The highest BCUT2D eigenvalue weighted by Gasteiger charge is 2.50. The Morgan fingerprint density at radius 2 is 1.72 bits per heavy atom. The van der Waals surface area contributed by atoms with Crippen LogP contribution in [0.1, 0.15) is 16.1 Å². The van der Waals surface area contributed by atoms with Crippen LogP contribution >= 0.6 is 0 Å². The van der Waals surface area contributed by atoms with Gasteiger partial charge in [-0.3, -0.25) is 14.6 Å². The zero-order chi connectivity index (χ0) is 26.7. The number of anilines is 1. The third-order valence-corrected chi connectivity index (χ3v) is 4.67. The molecular weight excluding hydrogens is 505 g/mol. The lowest BCUT2D eigenvalue weighted by Gasteiger charge is -2.25. The predicted octanol–water partition coefficient (Wildman–Crippen LogP) is 3.54. The number of rotatable bonds is 8. The second kappa shape index (κ2) is 10.3. The van der Waals surface area contributed by atoms with Gasteiger partial charge in [0.15, 0.2) is 6.61 Å². The summed E-state index contributed by atoms with van der Waals surface area (Å²) in [5.74, 6) is -1.40. The van der Waals surface area contributed by atoms with E-state index in [2.05, 4.69) is 15.4 Å². The second-order valence-electron chi connectivity index (χ2n) is 7.15. The molecule has 0 atom stereocenters. The van der Waals surface area contributed by atoms with Crippen LogP contribution in [0.4, 0.5) is 36.4 Å². The molecule has 2 heterocycles. The number of alkyl halides is 7. The fraction of sp³-hybridized carbons (Fsp3) is 0.238. The van der Waals surface area contributed by atoms with Gasteiger partial charge in [-0.25, -0.2) is 17.6 Å². The lowest BCUT2D eigenvalue weighted by Crippen LogP contribution is -2.42. The topological polar surface area (TPSA) is 106 Å². The van der Waals surface area contributed by atoms with Crippen molar-refractivity contribution in [3.8, 4) is 11.4 Å². The Morgan fingerprint density at radius 1 is 1.06 bits per heavy atom. The minimum atomic E-state index is -4.66. The number of aliphatic hydroxyl groups is 1. The second-order valence-corrected chi connectivity index (χ2v) is 7.15. The van der Waals surface area contributed by atoms with E-state index in [1.807, 2.05) is 0 Å². The Morgan fingerprint density at radius 3 is 2.31 bits per heavy atom. The fourth-order valence-electron chi connectivity index (χ4n) is 2.89. The lowest BCUT2D eigenvalue weighted by atomic mass is 10.0. The quantitative estimate of drug-likeness (QED) is 0.441. The molecule has 15 heteroatoms. The first-order valence-corrected chi connectivity index (χ1v) is 9.78. The van der Waals surface area contributed by atoms with Crippen LogP contribution in [0.3, 0.4) is 0 Å². The van der Waals surface area contributed by atoms with Crippen molar-refractivity contribution in [2.75, 3.05) is 11.9 Å². The summed E-state index contributed by atoms with van der Waals surface area (Å²) in [6.07, 6.45) is -10.6. The maximum atomic E-state index is 13.0. The van der Waals surface area contributed by atoms with Crippen molar-refractivity contribution < 1.29 is 45.4 Å². The predicted molar refractivity (Wildman–Crippen MR) is 109 cm³/mol. The molecule has 0 aliphatic rings. The summed E-state index contributed by atoms with van der Waals surface area (Å²) >= 11 is 0. The number of amides is 1. The normalized spacial score (nSPS) is 12.2. The number of carbonyl (C=O) groups is 1. The molecule has 0 radical (unpaired) electrons. The SMILES string of the molecule is O=C(Nc1ccc(C(O)(C(F)F)C(F)F)nc1)c1ccnn(-c2ccccc2OCC(F)(F)F)c1=O. The van der Waals surface area contributed by atoms with Crippen LogP contribution in [0.15, 0.2) is 59.7 Å². The van der Waals surface area contributed by atoms with Crippen LogP contribution in [0.5, 0.6) is 5.75 Å². The average molecular weight is 520 g/mol. The summed E-state index contributed by atoms with van der Waals surface area (Å²) in [5, 5.41) is 15.5. The summed E-state index contributed by atoms with van der Waals surface area (Å²) in [4.78, 5) is 28.8. The van der Waals surface area contributed by atoms with Crippen molar-refractivity contribution in [1.82, 2.24) is 14.8 Å². The maximum Gasteiger partial charge on any atom is 0.422 e. The highest BCUT2D eigenvalue weighted by atomic mass is 19.4. The molecule has 192 valence electrons. The van der Waals surface area contributed by atoms with Crippen molar-refractivity contribution in [2.45, 2.75) is 24.6 Å². The first-order valence-electron chi connectivity index (χ1n) is 9.78. The highest BCUT2D eigenvalue weighted by molar-refractivity contribution is 6.03. The number of pyridine rings is 1. The minimum absolute atomic E-state index is 0.189. The van der Waals surface area contributed by atoms with Crippen LogP contribution in [0, 0.1) is 0 Å². The van der Waals surface area contributed by atoms with Crippen molar-refractivity contribution in [1.29, 1.82) is 0 Å². The number of benzene rings is 1. The maximum absolute atomic E-state index is 13.0. The molecule has 8 nitrogen and oxygen atoms in total. The number of carbonyl (C=O) groups excluding carboxylic acids is 1. The van der Waals surface area contributed by atoms with Gasteiger partial charge in [-0.15, -0.1) is 0 Å². The van der Waals surface area contributed by atoms with Gasteiger partial charge in [0, 0.05) is 6.20 Å². The third-order valence-electron chi connectivity index (χ3n) is 4.67. The smallest absolute Gasteiger partial charge is 0.422 e. The minimum Gasteiger partial charge on any atom is -0.482 e. The fourth-order valence-corrected chi connectivity index (χ4v) is 2.89. The monoisotopic (exact) mass is 520 g/mol. The van der Waals surface area contributed by atoms with Crippen molar-refractivity contribution >= 4 is 11.6 Å². The molecule has 0 spiro atoms. The molecule has 2 aromatic heterocycles. The number of nitrogens with zero attached hydrogens (tertiary/aromatic N) is 3. The van der Waals surface area contributed by atoms with Crippen molar-refractivity contribution in [3.63, 3.8) is 0 Å². The molecule has 3 rings (SSSR count). The summed E-state index contributed by atoms with van der Waals surface area (Å²) in [7, 11) is 0. The molecule has 36 heavy (non-hydrogen) atoms. The number of nitrogens with one attached hydrogen (secondary N) is 1. The van der Waals surface area contributed by atoms with Crippen LogP contribution in [0.2, 0.25) is 0 Å². The Bertz CT molecular complexity index is 1270. The standard InChI is InChI=1S/C21H15F7N4O4/c22-18(23)21(35,19(24)25)15-6-5-11(9-29-15)31-16(33)12-7-8-30-32(17(12)34)13-3-1-2-4-14(13)36-10-20(26,27)28/h1-9,18-19,35H,10H2,(H,31,33). The molecule has 0 unspecified atom stereocenters. The molecule has 3 aromatic rings. The summed E-state index contributed by atoms with van der Waals surface area (Å²) in [6, 6.07) is 7.69. The number of hydrogen-bond donors (Lipinski definition) is 2. The molecule has 0 fully saturated rings. The first kappa shape index (κ1) is 26.6. The van der Waals surface area contributed by atoms with Gasteiger partial charge < -0.3 is 15.2 Å². The van der Waals surface area contributed by atoms with Gasteiger partial charge in [0.25, 0.3) is 24.3 Å². The Hall–Kier alpha value is -4.01. The number of aromatic nitrogens is 3. The summed E-state index contributed by atoms with van der Waals surface area (Å²) in [5.41, 5.74) is -6.85. The van der Waals surface area contributed by atoms with Crippen molar-refractivity contribution in [2.24, 2.45) is 0 Å².